The molecule has 1 unspecified atom stereocenters. The van der Waals surface area contributed by atoms with E-state index in [0.717, 1.165) is 29.4 Å². The number of aryl methyl sites for hydroxylation is 1. The SMILES string of the molecule is Cc1cc(NC(=O)C(=O)N2C[C@@H](C)CCC2c2cnc3[nH]ncc3c2)cnc1N. The number of fused-ring (bicyclic) bond motifs is 1. The average molecular weight is 393 g/mol. The minimum atomic E-state index is -0.688. The highest BCUT2D eigenvalue weighted by atomic mass is 16.2. The number of carbonyl (C=O) groups excluding carboxylic acids is 2. The summed E-state index contributed by atoms with van der Waals surface area (Å²) in [5, 5.41) is 10.3. The zero-order valence-corrected chi connectivity index (χ0v) is 16.3. The van der Waals surface area contributed by atoms with Gasteiger partial charge in [-0.1, -0.05) is 6.92 Å². The number of likely N-dealkylation sites (tertiary alicyclic amines) is 1. The van der Waals surface area contributed by atoms with Crippen molar-refractivity contribution in [1.29, 1.82) is 0 Å². The van der Waals surface area contributed by atoms with Gasteiger partial charge in [0.15, 0.2) is 5.65 Å². The Morgan fingerprint density at radius 2 is 2.03 bits per heavy atom. The predicted octanol–water partition coefficient (Wildman–Crippen LogP) is 2.18. The Kier molecular flexibility index (Phi) is 4.87. The number of H-pyrrole nitrogens is 1. The molecule has 2 amide bonds. The minimum Gasteiger partial charge on any atom is -0.383 e. The van der Waals surface area contributed by atoms with Crippen LogP contribution in [0.5, 0.6) is 0 Å². The van der Waals surface area contributed by atoms with Gasteiger partial charge in [0.1, 0.15) is 5.82 Å². The van der Waals surface area contributed by atoms with Crippen molar-refractivity contribution in [2.45, 2.75) is 32.7 Å². The Balaban J connectivity index is 1.57. The summed E-state index contributed by atoms with van der Waals surface area (Å²) in [6.45, 7) is 4.39. The van der Waals surface area contributed by atoms with Crippen LogP contribution in [-0.4, -0.2) is 43.4 Å². The number of nitrogens with one attached hydrogen (secondary N) is 2. The summed E-state index contributed by atoms with van der Waals surface area (Å²) in [4.78, 5) is 35.7. The zero-order valence-electron chi connectivity index (χ0n) is 16.3. The highest BCUT2D eigenvalue weighted by molar-refractivity contribution is 6.39. The number of aromatic nitrogens is 4. The number of aromatic amines is 1. The fourth-order valence-electron chi connectivity index (χ4n) is 3.73. The first kappa shape index (κ1) is 18.9. The normalized spacial score (nSPS) is 19.3. The van der Waals surface area contributed by atoms with Gasteiger partial charge in [-0.3, -0.25) is 14.7 Å². The number of carbonyl (C=O) groups is 2. The molecule has 9 heteroatoms. The topological polar surface area (TPSA) is 130 Å². The maximum atomic E-state index is 13.0. The first-order valence-corrected chi connectivity index (χ1v) is 9.55. The smallest absolute Gasteiger partial charge is 0.313 e. The van der Waals surface area contributed by atoms with Crippen LogP contribution >= 0.6 is 0 Å². The van der Waals surface area contributed by atoms with Gasteiger partial charge in [0.05, 0.1) is 24.1 Å². The van der Waals surface area contributed by atoms with Gasteiger partial charge in [0.2, 0.25) is 0 Å². The van der Waals surface area contributed by atoms with Crippen molar-refractivity contribution in [1.82, 2.24) is 25.1 Å². The molecule has 0 radical (unpaired) electrons. The molecule has 3 aromatic heterocycles. The van der Waals surface area contributed by atoms with Crippen LogP contribution in [0.4, 0.5) is 11.5 Å². The summed E-state index contributed by atoms with van der Waals surface area (Å²) in [6, 6.07) is 3.46. The third-order valence-electron chi connectivity index (χ3n) is 5.35. The number of nitrogen functional groups attached to an aromatic ring is 1. The van der Waals surface area contributed by atoms with Crippen molar-refractivity contribution in [3.63, 3.8) is 0 Å². The van der Waals surface area contributed by atoms with Crippen LogP contribution in [0.15, 0.2) is 30.7 Å². The fraction of sp³-hybridized carbons (Fsp3) is 0.350. The Hall–Kier alpha value is -3.49. The van der Waals surface area contributed by atoms with Crippen molar-refractivity contribution in [2.75, 3.05) is 17.6 Å². The van der Waals surface area contributed by atoms with Crippen LogP contribution < -0.4 is 11.1 Å². The van der Waals surface area contributed by atoms with Crippen molar-refractivity contribution >= 4 is 34.4 Å². The number of amides is 2. The van der Waals surface area contributed by atoms with Crippen molar-refractivity contribution in [3.05, 3.63) is 41.9 Å². The van der Waals surface area contributed by atoms with Crippen molar-refractivity contribution in [2.24, 2.45) is 5.92 Å². The van der Waals surface area contributed by atoms with Gasteiger partial charge in [-0.25, -0.2) is 9.97 Å². The molecule has 2 atom stereocenters. The third kappa shape index (κ3) is 3.75. The van der Waals surface area contributed by atoms with Crippen LogP contribution in [0.1, 0.15) is 36.9 Å². The second kappa shape index (κ2) is 7.50. The summed E-state index contributed by atoms with van der Waals surface area (Å²) in [5.74, 6) is -0.550. The van der Waals surface area contributed by atoms with E-state index in [1.54, 1.807) is 30.3 Å². The lowest BCUT2D eigenvalue weighted by molar-refractivity contribution is -0.146. The van der Waals surface area contributed by atoms with Gasteiger partial charge < -0.3 is 16.0 Å². The van der Waals surface area contributed by atoms with Gasteiger partial charge >= 0.3 is 11.8 Å². The molecule has 4 heterocycles. The minimum absolute atomic E-state index is 0.206. The lowest BCUT2D eigenvalue weighted by atomic mass is 9.90. The number of piperidine rings is 1. The van der Waals surface area contributed by atoms with Crippen LogP contribution in [0.25, 0.3) is 11.0 Å². The molecule has 150 valence electrons. The van der Waals surface area contributed by atoms with E-state index in [1.807, 2.05) is 6.07 Å². The average Bonchev–Trinajstić information content (AvgIpc) is 3.18. The van der Waals surface area contributed by atoms with Crippen molar-refractivity contribution < 1.29 is 9.59 Å². The number of hydrogen-bond donors (Lipinski definition) is 3. The van der Waals surface area contributed by atoms with Crippen LogP contribution in [0.3, 0.4) is 0 Å². The molecule has 0 aliphatic carbocycles. The van der Waals surface area contributed by atoms with Gasteiger partial charge in [0.25, 0.3) is 0 Å². The standard InChI is InChI=1S/C20H23N7O2/c1-11-3-4-16(13-6-14-8-24-26-18(14)23-7-13)27(10-11)20(29)19(28)25-15-5-12(2)17(21)22-9-15/h5-9,11,16H,3-4,10H2,1-2H3,(H2,21,22)(H,25,28)(H,23,24,26)/t11-,16?/m0/s1. The zero-order chi connectivity index (χ0) is 20.5. The van der Waals surface area contributed by atoms with Gasteiger partial charge in [0, 0.05) is 18.1 Å². The molecule has 0 aromatic carbocycles. The first-order chi connectivity index (χ1) is 13.9. The number of pyridine rings is 2. The highest BCUT2D eigenvalue weighted by Crippen LogP contribution is 2.34. The molecule has 3 aromatic rings. The molecule has 0 saturated carbocycles. The predicted molar refractivity (Wildman–Crippen MR) is 109 cm³/mol. The van der Waals surface area contributed by atoms with Crippen molar-refractivity contribution in [3.8, 4) is 0 Å². The highest BCUT2D eigenvalue weighted by Gasteiger charge is 2.34. The Morgan fingerprint density at radius 1 is 1.21 bits per heavy atom. The van der Waals surface area contributed by atoms with E-state index < -0.39 is 11.8 Å². The van der Waals surface area contributed by atoms with Crippen LogP contribution in [0.2, 0.25) is 0 Å². The molecule has 1 fully saturated rings. The number of anilines is 2. The monoisotopic (exact) mass is 393 g/mol. The Bertz CT molecular complexity index is 1080. The van der Waals surface area contributed by atoms with Crippen LogP contribution in [0, 0.1) is 12.8 Å². The van der Waals surface area contributed by atoms with E-state index >= 15 is 0 Å². The molecular formula is C20H23N7O2. The number of rotatable bonds is 2. The summed E-state index contributed by atoms with van der Waals surface area (Å²) in [6.07, 6.45) is 6.63. The lowest BCUT2D eigenvalue weighted by Crippen LogP contribution is -2.46. The Labute approximate surface area is 167 Å². The second-order valence-electron chi connectivity index (χ2n) is 7.61. The molecule has 0 bridgehead atoms. The first-order valence-electron chi connectivity index (χ1n) is 9.55. The fourth-order valence-corrected chi connectivity index (χ4v) is 3.73. The van der Waals surface area contributed by atoms with E-state index in [-0.39, 0.29) is 6.04 Å². The van der Waals surface area contributed by atoms with E-state index in [4.69, 9.17) is 5.73 Å². The van der Waals surface area contributed by atoms with Crippen LogP contribution in [-0.2, 0) is 9.59 Å². The maximum Gasteiger partial charge on any atom is 0.313 e. The molecule has 1 saturated heterocycles. The number of nitrogens with zero attached hydrogens (tertiary/aromatic N) is 4. The molecule has 4 rings (SSSR count). The van der Waals surface area contributed by atoms with Gasteiger partial charge in [-0.05, 0) is 48.9 Å². The molecule has 9 nitrogen and oxygen atoms in total. The Morgan fingerprint density at radius 3 is 2.83 bits per heavy atom. The second-order valence-corrected chi connectivity index (χ2v) is 7.61. The molecule has 29 heavy (non-hydrogen) atoms. The van der Waals surface area contributed by atoms with Gasteiger partial charge in [-0.2, -0.15) is 5.10 Å². The molecule has 0 spiro atoms. The van der Waals surface area contributed by atoms with E-state index in [0.29, 0.717) is 29.6 Å². The van der Waals surface area contributed by atoms with E-state index in [1.165, 1.54) is 6.20 Å². The third-order valence-corrected chi connectivity index (χ3v) is 5.35. The summed E-state index contributed by atoms with van der Waals surface area (Å²) in [7, 11) is 0. The largest absolute Gasteiger partial charge is 0.383 e. The molecular weight excluding hydrogens is 370 g/mol. The summed E-state index contributed by atoms with van der Waals surface area (Å²) in [5.41, 5.74) is 8.49. The summed E-state index contributed by atoms with van der Waals surface area (Å²) < 4.78 is 0. The maximum absolute atomic E-state index is 13.0. The quantitative estimate of drug-likeness (QED) is 0.572. The molecule has 1 aliphatic heterocycles. The number of hydrogen-bond acceptors (Lipinski definition) is 6. The van der Waals surface area contributed by atoms with Gasteiger partial charge in [-0.15, -0.1) is 0 Å². The van der Waals surface area contributed by atoms with E-state index in [9.17, 15) is 9.59 Å². The summed E-state index contributed by atoms with van der Waals surface area (Å²) >= 11 is 0. The van der Waals surface area contributed by atoms with E-state index in [2.05, 4.69) is 32.4 Å². The lowest BCUT2D eigenvalue weighted by Gasteiger charge is -2.38. The number of nitrogens with two attached hydrogens (primary N) is 1. The molecule has 4 N–H and O–H groups in total. The molecule has 1 aliphatic rings.